The summed E-state index contributed by atoms with van der Waals surface area (Å²) < 4.78 is 6.65. The van der Waals surface area contributed by atoms with E-state index >= 15 is 0 Å². The number of hydrogen-bond acceptors (Lipinski definition) is 4. The van der Waals surface area contributed by atoms with E-state index in [0.29, 0.717) is 0 Å². The lowest BCUT2D eigenvalue weighted by molar-refractivity contribution is -0.147. The smallest absolute Gasteiger partial charge is 0.310 e. The van der Waals surface area contributed by atoms with E-state index in [9.17, 15) is 9.59 Å². The number of aromatic nitrogens is 2. The van der Waals surface area contributed by atoms with Crippen molar-refractivity contribution in [1.29, 1.82) is 0 Å². The van der Waals surface area contributed by atoms with E-state index in [2.05, 4.69) is 10.4 Å². The van der Waals surface area contributed by atoms with Gasteiger partial charge in [0.25, 0.3) is 0 Å². The van der Waals surface area contributed by atoms with Gasteiger partial charge in [-0.15, -0.1) is 0 Å². The Hall–Kier alpha value is -1.85. The van der Waals surface area contributed by atoms with E-state index in [4.69, 9.17) is 4.74 Å². The molecule has 1 aromatic rings. The molecule has 0 bridgehead atoms. The van der Waals surface area contributed by atoms with Crippen LogP contribution in [0, 0.1) is 19.8 Å². The predicted octanol–water partition coefficient (Wildman–Crippen LogP) is 2.30. The molecule has 1 aliphatic carbocycles. The highest BCUT2D eigenvalue weighted by Crippen LogP contribution is 2.25. The number of esters is 1. The lowest BCUT2D eigenvalue weighted by Gasteiger charge is -2.26. The molecule has 0 aromatic carbocycles. The SMILES string of the molecule is COC(=O)[C@@H]1CCCCC[C@H]1NC(=O)[C@H](C)n1nc(C)cc1C. The largest absolute Gasteiger partial charge is 0.469 e. The van der Waals surface area contributed by atoms with Gasteiger partial charge in [-0.1, -0.05) is 19.3 Å². The van der Waals surface area contributed by atoms with Crippen molar-refractivity contribution in [2.45, 2.75) is 65.0 Å². The zero-order valence-electron chi connectivity index (χ0n) is 14.5. The number of ether oxygens (including phenoxy) is 1. The third kappa shape index (κ3) is 4.12. The minimum Gasteiger partial charge on any atom is -0.469 e. The molecular formula is C17H27N3O3. The third-order valence-corrected chi connectivity index (χ3v) is 4.64. The van der Waals surface area contributed by atoms with E-state index in [0.717, 1.165) is 43.5 Å². The van der Waals surface area contributed by atoms with Gasteiger partial charge in [0.2, 0.25) is 5.91 Å². The minimum atomic E-state index is -0.398. The number of carbonyl (C=O) groups excluding carboxylic acids is 2. The van der Waals surface area contributed by atoms with E-state index in [1.807, 2.05) is 26.8 Å². The van der Waals surface area contributed by atoms with Gasteiger partial charge in [0, 0.05) is 11.7 Å². The first-order chi connectivity index (χ1) is 10.9. The standard InChI is InChI=1S/C17H27N3O3/c1-11-10-12(2)20(19-11)13(3)16(21)18-15-9-7-5-6-8-14(15)17(22)23-4/h10,13-15H,5-9H2,1-4H3,(H,18,21)/t13-,14+,15+/m0/s1. The molecule has 1 fully saturated rings. The van der Waals surface area contributed by atoms with Crippen molar-refractivity contribution in [2.24, 2.45) is 5.92 Å². The molecule has 1 saturated carbocycles. The molecule has 0 saturated heterocycles. The molecule has 0 unspecified atom stereocenters. The molecule has 0 aliphatic heterocycles. The maximum absolute atomic E-state index is 12.6. The minimum absolute atomic E-state index is 0.1000. The van der Waals surface area contributed by atoms with Crippen LogP contribution in [-0.4, -0.2) is 34.8 Å². The van der Waals surface area contributed by atoms with Gasteiger partial charge in [0.15, 0.2) is 0 Å². The lowest BCUT2D eigenvalue weighted by Crippen LogP contribution is -2.45. The van der Waals surface area contributed by atoms with Crippen LogP contribution in [0.5, 0.6) is 0 Å². The van der Waals surface area contributed by atoms with Crippen molar-refractivity contribution in [3.05, 3.63) is 17.5 Å². The Balaban J connectivity index is 2.09. The van der Waals surface area contributed by atoms with Crippen LogP contribution >= 0.6 is 0 Å². The van der Waals surface area contributed by atoms with Crippen LogP contribution in [0.4, 0.5) is 0 Å². The second-order valence-corrected chi connectivity index (χ2v) is 6.43. The molecule has 2 rings (SSSR count). The van der Waals surface area contributed by atoms with Crippen molar-refractivity contribution in [3.63, 3.8) is 0 Å². The van der Waals surface area contributed by atoms with Crippen LogP contribution in [-0.2, 0) is 14.3 Å². The van der Waals surface area contributed by atoms with Crippen molar-refractivity contribution in [3.8, 4) is 0 Å². The Morgan fingerprint density at radius 3 is 2.61 bits per heavy atom. The van der Waals surface area contributed by atoms with Crippen molar-refractivity contribution >= 4 is 11.9 Å². The number of nitrogens with zero attached hydrogens (tertiary/aromatic N) is 2. The van der Waals surface area contributed by atoms with Crippen LogP contribution in [0.2, 0.25) is 0 Å². The number of methoxy groups -OCH3 is 1. The summed E-state index contributed by atoms with van der Waals surface area (Å²) in [6, 6.07) is 1.40. The van der Waals surface area contributed by atoms with Crippen LogP contribution in [0.15, 0.2) is 6.07 Å². The molecule has 1 amide bonds. The molecule has 1 aromatic heterocycles. The highest BCUT2D eigenvalue weighted by Gasteiger charge is 2.32. The van der Waals surface area contributed by atoms with Gasteiger partial charge < -0.3 is 10.1 Å². The topological polar surface area (TPSA) is 73.2 Å². The van der Waals surface area contributed by atoms with Crippen LogP contribution in [0.3, 0.4) is 0 Å². The summed E-state index contributed by atoms with van der Waals surface area (Å²) in [4.78, 5) is 24.6. The van der Waals surface area contributed by atoms with E-state index in [1.165, 1.54) is 7.11 Å². The maximum Gasteiger partial charge on any atom is 0.310 e. The van der Waals surface area contributed by atoms with Crippen LogP contribution in [0.25, 0.3) is 0 Å². The van der Waals surface area contributed by atoms with Gasteiger partial charge in [-0.2, -0.15) is 5.10 Å². The molecule has 3 atom stereocenters. The first-order valence-electron chi connectivity index (χ1n) is 8.35. The van der Waals surface area contributed by atoms with Crippen molar-refractivity contribution in [1.82, 2.24) is 15.1 Å². The third-order valence-electron chi connectivity index (χ3n) is 4.64. The molecule has 6 heteroatoms. The van der Waals surface area contributed by atoms with Crippen molar-refractivity contribution in [2.75, 3.05) is 7.11 Å². The monoisotopic (exact) mass is 321 g/mol. The second-order valence-electron chi connectivity index (χ2n) is 6.43. The predicted molar refractivity (Wildman–Crippen MR) is 86.9 cm³/mol. The molecular weight excluding hydrogens is 294 g/mol. The average Bonchev–Trinajstić information content (AvgIpc) is 2.73. The fraction of sp³-hybridized carbons (Fsp3) is 0.706. The van der Waals surface area contributed by atoms with Gasteiger partial charge in [-0.05, 0) is 39.7 Å². The van der Waals surface area contributed by atoms with Gasteiger partial charge in [0.1, 0.15) is 6.04 Å². The van der Waals surface area contributed by atoms with E-state index in [-0.39, 0.29) is 23.8 Å². The number of nitrogens with one attached hydrogen (secondary N) is 1. The Bertz CT molecular complexity index is 567. The van der Waals surface area contributed by atoms with Gasteiger partial charge in [-0.3, -0.25) is 14.3 Å². The highest BCUT2D eigenvalue weighted by molar-refractivity contribution is 5.81. The highest BCUT2D eigenvalue weighted by atomic mass is 16.5. The molecule has 128 valence electrons. The summed E-state index contributed by atoms with van der Waals surface area (Å²) >= 11 is 0. The normalized spacial score (nSPS) is 23.0. The quantitative estimate of drug-likeness (QED) is 0.682. The second kappa shape index (κ2) is 7.62. The van der Waals surface area contributed by atoms with E-state index < -0.39 is 6.04 Å². The van der Waals surface area contributed by atoms with Gasteiger partial charge in [-0.25, -0.2) is 0 Å². The number of carbonyl (C=O) groups is 2. The molecule has 23 heavy (non-hydrogen) atoms. The first-order valence-corrected chi connectivity index (χ1v) is 8.35. The zero-order valence-corrected chi connectivity index (χ0v) is 14.5. The Morgan fingerprint density at radius 2 is 2.00 bits per heavy atom. The molecule has 0 spiro atoms. The molecule has 0 radical (unpaired) electrons. The van der Waals surface area contributed by atoms with Gasteiger partial charge in [0.05, 0.1) is 18.7 Å². The van der Waals surface area contributed by atoms with Crippen LogP contribution < -0.4 is 5.32 Å². The lowest BCUT2D eigenvalue weighted by atomic mass is 9.94. The fourth-order valence-corrected chi connectivity index (χ4v) is 3.37. The average molecular weight is 321 g/mol. The Morgan fingerprint density at radius 1 is 1.30 bits per heavy atom. The summed E-state index contributed by atoms with van der Waals surface area (Å²) in [5, 5.41) is 7.44. The molecule has 6 nitrogen and oxygen atoms in total. The molecule has 1 heterocycles. The van der Waals surface area contributed by atoms with Crippen LogP contribution in [0.1, 0.15) is 56.5 Å². The molecule has 1 N–H and O–H groups in total. The summed E-state index contributed by atoms with van der Waals surface area (Å²) in [5.74, 6) is -0.577. The zero-order chi connectivity index (χ0) is 17.0. The Kier molecular flexibility index (Phi) is 5.80. The maximum atomic E-state index is 12.6. The summed E-state index contributed by atoms with van der Waals surface area (Å²) in [5.41, 5.74) is 1.85. The fourth-order valence-electron chi connectivity index (χ4n) is 3.37. The molecule has 1 aliphatic rings. The number of hydrogen-bond donors (Lipinski definition) is 1. The summed E-state index contributed by atoms with van der Waals surface area (Å²) in [7, 11) is 1.41. The van der Waals surface area contributed by atoms with Crippen molar-refractivity contribution < 1.29 is 14.3 Å². The number of amides is 1. The summed E-state index contributed by atoms with van der Waals surface area (Å²) in [6.45, 7) is 5.68. The number of aryl methyl sites for hydroxylation is 2. The van der Waals surface area contributed by atoms with E-state index in [1.54, 1.807) is 4.68 Å². The summed E-state index contributed by atoms with van der Waals surface area (Å²) in [6.07, 6.45) is 4.69. The number of rotatable bonds is 4. The Labute approximate surface area is 137 Å². The first kappa shape index (κ1) is 17.5. The van der Waals surface area contributed by atoms with Gasteiger partial charge >= 0.3 is 5.97 Å².